The lowest BCUT2D eigenvalue weighted by Crippen LogP contribution is -2.11. The van der Waals surface area contributed by atoms with Gasteiger partial charge in [-0.3, -0.25) is 0 Å². The van der Waals surface area contributed by atoms with Gasteiger partial charge in [0.15, 0.2) is 0 Å². The van der Waals surface area contributed by atoms with Gasteiger partial charge in [0.05, 0.1) is 10.7 Å². The van der Waals surface area contributed by atoms with Crippen molar-refractivity contribution in [2.24, 2.45) is 0 Å². The van der Waals surface area contributed by atoms with Gasteiger partial charge in [0, 0.05) is 12.1 Å². The summed E-state index contributed by atoms with van der Waals surface area (Å²) in [6, 6.07) is 4.51. The van der Waals surface area contributed by atoms with E-state index in [1.165, 1.54) is 16.8 Å². The zero-order valence-corrected chi connectivity index (χ0v) is 10.7. The summed E-state index contributed by atoms with van der Waals surface area (Å²) in [5.74, 6) is 0.0557. The molecule has 0 spiro atoms. The zero-order chi connectivity index (χ0) is 13.3. The average Bonchev–Trinajstić information content (AvgIpc) is 2.62. The third-order valence-corrected chi connectivity index (χ3v) is 2.50. The van der Waals surface area contributed by atoms with Crippen molar-refractivity contribution in [1.82, 2.24) is 14.8 Å². The van der Waals surface area contributed by atoms with Gasteiger partial charge in [0.25, 0.3) is 0 Å². The Morgan fingerprint density at radius 3 is 2.78 bits per heavy atom. The van der Waals surface area contributed by atoms with Crippen LogP contribution in [0.5, 0.6) is 0 Å². The van der Waals surface area contributed by atoms with Crippen LogP contribution in [0.4, 0.5) is 16.3 Å². The monoisotopic (exact) mass is 269 g/mol. The molecule has 2 aromatic rings. The quantitative estimate of drug-likeness (QED) is 0.898. The molecule has 0 saturated carbocycles. The molecule has 1 heterocycles. The minimum atomic E-state index is -0.526. The van der Waals surface area contributed by atoms with Gasteiger partial charge in [0.2, 0.25) is 11.9 Å². The number of rotatable bonds is 3. The standard InChI is InChI=1S/C11H13ClFN5/c1-6(2)15-11-16-10(14)18(17-11)7-3-4-8(12)9(13)5-7/h3-6H,1-2H3,(H3,14,15,16,17). The Morgan fingerprint density at radius 1 is 1.44 bits per heavy atom. The van der Waals surface area contributed by atoms with Crippen molar-refractivity contribution in [2.45, 2.75) is 19.9 Å². The van der Waals surface area contributed by atoms with Crippen molar-refractivity contribution in [3.8, 4) is 5.69 Å². The molecule has 0 atom stereocenters. The SMILES string of the molecule is CC(C)Nc1nc(N)n(-c2ccc(Cl)c(F)c2)n1. The average molecular weight is 270 g/mol. The van der Waals surface area contributed by atoms with Gasteiger partial charge in [-0.15, -0.1) is 5.10 Å². The normalized spacial score (nSPS) is 10.9. The molecule has 5 nitrogen and oxygen atoms in total. The molecule has 0 aliphatic rings. The number of nitrogens with two attached hydrogens (primary N) is 1. The number of hydrogen-bond donors (Lipinski definition) is 2. The van der Waals surface area contributed by atoms with E-state index in [2.05, 4.69) is 15.4 Å². The molecule has 0 fully saturated rings. The van der Waals surface area contributed by atoms with Gasteiger partial charge < -0.3 is 11.1 Å². The molecule has 0 amide bonds. The van der Waals surface area contributed by atoms with Gasteiger partial charge in [-0.25, -0.2) is 4.39 Å². The summed E-state index contributed by atoms with van der Waals surface area (Å²) in [5.41, 5.74) is 6.20. The van der Waals surface area contributed by atoms with Crippen LogP contribution < -0.4 is 11.1 Å². The number of benzene rings is 1. The van der Waals surface area contributed by atoms with Crippen LogP contribution >= 0.6 is 11.6 Å². The predicted octanol–water partition coefficient (Wildman–Crippen LogP) is 2.46. The van der Waals surface area contributed by atoms with Crippen LogP contribution in [0, 0.1) is 5.82 Å². The highest BCUT2D eigenvalue weighted by atomic mass is 35.5. The molecule has 1 aromatic heterocycles. The lowest BCUT2D eigenvalue weighted by molar-refractivity contribution is 0.626. The van der Waals surface area contributed by atoms with Crippen molar-refractivity contribution >= 4 is 23.5 Å². The maximum atomic E-state index is 13.4. The van der Waals surface area contributed by atoms with Gasteiger partial charge >= 0.3 is 0 Å². The summed E-state index contributed by atoms with van der Waals surface area (Å²) in [7, 11) is 0. The van der Waals surface area contributed by atoms with Crippen LogP contribution in [0.25, 0.3) is 5.69 Å². The molecular formula is C11H13ClFN5. The lowest BCUT2D eigenvalue weighted by atomic mass is 10.3. The van der Waals surface area contributed by atoms with Crippen molar-refractivity contribution in [3.05, 3.63) is 29.0 Å². The molecule has 0 saturated heterocycles. The minimum Gasteiger partial charge on any atom is -0.368 e. The fourth-order valence-corrected chi connectivity index (χ4v) is 1.57. The molecule has 96 valence electrons. The Bertz CT molecular complexity index is 567. The lowest BCUT2D eigenvalue weighted by Gasteiger charge is -2.04. The van der Waals surface area contributed by atoms with Gasteiger partial charge in [0.1, 0.15) is 5.82 Å². The van der Waals surface area contributed by atoms with E-state index in [1.54, 1.807) is 6.07 Å². The van der Waals surface area contributed by atoms with Crippen LogP contribution in [-0.4, -0.2) is 20.8 Å². The molecule has 1 aromatic carbocycles. The second-order valence-electron chi connectivity index (χ2n) is 4.10. The smallest absolute Gasteiger partial charge is 0.244 e. The molecule has 0 unspecified atom stereocenters. The topological polar surface area (TPSA) is 68.8 Å². The van der Waals surface area contributed by atoms with Crippen molar-refractivity contribution < 1.29 is 4.39 Å². The van der Waals surface area contributed by atoms with E-state index in [9.17, 15) is 4.39 Å². The number of halogens is 2. The molecule has 0 bridgehead atoms. The number of nitrogen functional groups attached to an aromatic ring is 1. The van der Waals surface area contributed by atoms with Gasteiger partial charge in [-0.2, -0.15) is 9.67 Å². The summed E-state index contributed by atoms with van der Waals surface area (Å²) < 4.78 is 14.7. The van der Waals surface area contributed by atoms with Gasteiger partial charge in [-0.05, 0) is 26.0 Å². The molecule has 3 N–H and O–H groups in total. The van der Waals surface area contributed by atoms with E-state index in [4.69, 9.17) is 17.3 Å². The van der Waals surface area contributed by atoms with E-state index in [-0.39, 0.29) is 17.0 Å². The second-order valence-corrected chi connectivity index (χ2v) is 4.51. The van der Waals surface area contributed by atoms with Crippen molar-refractivity contribution in [3.63, 3.8) is 0 Å². The number of anilines is 2. The van der Waals surface area contributed by atoms with E-state index in [0.29, 0.717) is 11.6 Å². The van der Waals surface area contributed by atoms with Crippen molar-refractivity contribution in [1.29, 1.82) is 0 Å². The van der Waals surface area contributed by atoms with Crippen LogP contribution in [-0.2, 0) is 0 Å². The van der Waals surface area contributed by atoms with Crippen LogP contribution in [0.2, 0.25) is 5.02 Å². The summed E-state index contributed by atoms with van der Waals surface area (Å²) in [4.78, 5) is 4.04. The van der Waals surface area contributed by atoms with E-state index < -0.39 is 5.82 Å². The predicted molar refractivity (Wildman–Crippen MR) is 69.5 cm³/mol. The molecule has 2 rings (SSSR count). The Hall–Kier alpha value is -1.82. The van der Waals surface area contributed by atoms with E-state index in [1.807, 2.05) is 13.8 Å². The largest absolute Gasteiger partial charge is 0.368 e. The molecular weight excluding hydrogens is 257 g/mol. The maximum Gasteiger partial charge on any atom is 0.244 e. The van der Waals surface area contributed by atoms with Crippen molar-refractivity contribution in [2.75, 3.05) is 11.1 Å². The number of nitrogens with zero attached hydrogens (tertiary/aromatic N) is 3. The van der Waals surface area contributed by atoms with Crippen LogP contribution in [0.3, 0.4) is 0 Å². The van der Waals surface area contributed by atoms with E-state index in [0.717, 1.165) is 0 Å². The second kappa shape index (κ2) is 4.81. The zero-order valence-electron chi connectivity index (χ0n) is 9.98. The number of nitrogens with one attached hydrogen (secondary N) is 1. The van der Waals surface area contributed by atoms with Gasteiger partial charge in [-0.1, -0.05) is 11.6 Å². The highest BCUT2D eigenvalue weighted by Gasteiger charge is 2.11. The summed E-state index contributed by atoms with van der Waals surface area (Å²) in [5, 5.41) is 7.22. The summed E-state index contributed by atoms with van der Waals surface area (Å²) in [6.45, 7) is 3.91. The van der Waals surface area contributed by atoms with Crippen LogP contribution in [0.15, 0.2) is 18.2 Å². The van der Waals surface area contributed by atoms with Crippen LogP contribution in [0.1, 0.15) is 13.8 Å². The highest BCUT2D eigenvalue weighted by molar-refractivity contribution is 6.30. The molecule has 0 aliphatic heterocycles. The van der Waals surface area contributed by atoms with E-state index >= 15 is 0 Å². The fraction of sp³-hybridized carbons (Fsp3) is 0.273. The fourth-order valence-electron chi connectivity index (χ4n) is 1.45. The summed E-state index contributed by atoms with van der Waals surface area (Å²) in [6.07, 6.45) is 0. The third kappa shape index (κ3) is 2.53. The summed E-state index contributed by atoms with van der Waals surface area (Å²) >= 11 is 5.62. The minimum absolute atomic E-state index is 0.0537. The Balaban J connectivity index is 2.38. The molecule has 0 radical (unpaired) electrons. The number of hydrogen-bond acceptors (Lipinski definition) is 4. The Labute approximate surface area is 109 Å². The Kier molecular flexibility index (Phi) is 3.38. The third-order valence-electron chi connectivity index (χ3n) is 2.20. The first-order chi connectivity index (χ1) is 8.47. The first-order valence-corrected chi connectivity index (χ1v) is 5.79. The first kappa shape index (κ1) is 12.6. The highest BCUT2D eigenvalue weighted by Crippen LogP contribution is 2.20. The maximum absolute atomic E-state index is 13.4. The molecule has 7 heteroatoms. The first-order valence-electron chi connectivity index (χ1n) is 5.42. The Morgan fingerprint density at radius 2 is 2.17 bits per heavy atom. The number of aromatic nitrogens is 3. The molecule has 18 heavy (non-hydrogen) atoms. The molecule has 0 aliphatic carbocycles.